The van der Waals surface area contributed by atoms with Crippen molar-refractivity contribution < 1.29 is 9.90 Å². The molecule has 0 saturated heterocycles. The van der Waals surface area contributed by atoms with Gasteiger partial charge < -0.3 is 5.11 Å². The molecule has 1 aromatic carbocycles. The third-order valence-electron chi connectivity index (χ3n) is 2.69. The van der Waals surface area contributed by atoms with Gasteiger partial charge in [-0.3, -0.25) is 4.98 Å². The summed E-state index contributed by atoms with van der Waals surface area (Å²) in [5.41, 5.74) is 1.89. The number of rotatable bonds is 2. The fourth-order valence-electron chi connectivity index (χ4n) is 1.81. The summed E-state index contributed by atoms with van der Waals surface area (Å²) in [5, 5.41) is 9.97. The molecule has 3 aromatic rings. The minimum absolute atomic E-state index is 0.346. The van der Waals surface area contributed by atoms with Crippen molar-refractivity contribution in [3.8, 4) is 10.4 Å². The first kappa shape index (κ1) is 10.9. The fourth-order valence-corrected chi connectivity index (χ4v) is 2.64. The van der Waals surface area contributed by atoms with Crippen LogP contribution >= 0.6 is 11.3 Å². The molecular formula is C14H9NO2S. The zero-order chi connectivity index (χ0) is 12.5. The normalized spacial score (nSPS) is 10.7. The maximum atomic E-state index is 10.9. The summed E-state index contributed by atoms with van der Waals surface area (Å²) in [4.78, 5) is 16.5. The van der Waals surface area contributed by atoms with E-state index < -0.39 is 5.97 Å². The molecule has 0 aliphatic rings. The Labute approximate surface area is 107 Å². The average Bonchev–Trinajstić information content (AvgIpc) is 2.88. The molecule has 0 atom stereocenters. The molecule has 88 valence electrons. The van der Waals surface area contributed by atoms with E-state index in [1.165, 1.54) is 11.3 Å². The summed E-state index contributed by atoms with van der Waals surface area (Å²) in [6.45, 7) is 0. The fraction of sp³-hybridized carbons (Fsp3) is 0. The Hall–Kier alpha value is -2.20. The summed E-state index contributed by atoms with van der Waals surface area (Å²) in [7, 11) is 0. The number of carboxylic acids is 1. The van der Waals surface area contributed by atoms with Gasteiger partial charge in [0.25, 0.3) is 0 Å². The summed E-state index contributed by atoms with van der Waals surface area (Å²) in [6, 6.07) is 13.3. The molecule has 0 fully saturated rings. The molecule has 0 spiro atoms. The van der Waals surface area contributed by atoms with Crippen LogP contribution in [0.25, 0.3) is 21.3 Å². The van der Waals surface area contributed by atoms with E-state index in [4.69, 9.17) is 5.11 Å². The number of nitrogens with zero attached hydrogens (tertiary/aromatic N) is 1. The second kappa shape index (κ2) is 4.23. The van der Waals surface area contributed by atoms with Gasteiger partial charge in [-0.1, -0.05) is 18.2 Å². The molecule has 2 aromatic heterocycles. The molecule has 3 nitrogen and oxygen atoms in total. The Morgan fingerprint density at radius 3 is 2.78 bits per heavy atom. The molecule has 0 radical (unpaired) electrons. The maximum Gasteiger partial charge on any atom is 0.345 e. The van der Waals surface area contributed by atoms with Gasteiger partial charge in [0.15, 0.2) is 0 Å². The quantitative estimate of drug-likeness (QED) is 0.760. The van der Waals surface area contributed by atoms with Crippen LogP contribution in [0.4, 0.5) is 0 Å². The lowest BCUT2D eigenvalue weighted by Gasteiger charge is -2.00. The maximum absolute atomic E-state index is 10.9. The molecule has 0 amide bonds. The molecule has 0 aliphatic heterocycles. The van der Waals surface area contributed by atoms with Crippen molar-refractivity contribution >= 4 is 28.2 Å². The van der Waals surface area contributed by atoms with Crippen LogP contribution in [0.5, 0.6) is 0 Å². The molecule has 1 N–H and O–H groups in total. The zero-order valence-corrected chi connectivity index (χ0v) is 10.1. The third-order valence-corrected chi connectivity index (χ3v) is 3.81. The first-order valence-corrected chi connectivity index (χ1v) is 6.24. The summed E-state index contributed by atoms with van der Waals surface area (Å²) >= 11 is 1.26. The van der Waals surface area contributed by atoms with Crippen molar-refractivity contribution in [2.45, 2.75) is 0 Å². The van der Waals surface area contributed by atoms with Crippen LogP contribution in [0.2, 0.25) is 0 Å². The van der Waals surface area contributed by atoms with Crippen LogP contribution in [0.3, 0.4) is 0 Å². The Morgan fingerprint density at radius 1 is 1.17 bits per heavy atom. The van der Waals surface area contributed by atoms with Gasteiger partial charge in [0, 0.05) is 22.0 Å². The number of fused-ring (bicyclic) bond motifs is 1. The summed E-state index contributed by atoms with van der Waals surface area (Å²) in [5.74, 6) is -0.889. The van der Waals surface area contributed by atoms with Crippen LogP contribution in [0.15, 0.2) is 48.7 Å². The summed E-state index contributed by atoms with van der Waals surface area (Å²) in [6.07, 6.45) is 1.78. The smallest absolute Gasteiger partial charge is 0.345 e. The van der Waals surface area contributed by atoms with E-state index in [1.807, 2.05) is 36.4 Å². The van der Waals surface area contributed by atoms with Crippen molar-refractivity contribution in [1.82, 2.24) is 4.98 Å². The number of hydrogen-bond donors (Lipinski definition) is 1. The summed E-state index contributed by atoms with van der Waals surface area (Å²) < 4.78 is 0. The second-order valence-electron chi connectivity index (χ2n) is 3.89. The number of para-hydroxylation sites is 1. The highest BCUT2D eigenvalue weighted by atomic mass is 32.1. The van der Waals surface area contributed by atoms with E-state index in [0.717, 1.165) is 21.3 Å². The molecule has 2 heterocycles. The Bertz CT molecular complexity index is 733. The number of aromatic carboxylic acids is 1. The monoisotopic (exact) mass is 255 g/mol. The Morgan fingerprint density at radius 2 is 2.00 bits per heavy atom. The van der Waals surface area contributed by atoms with E-state index in [9.17, 15) is 4.79 Å². The molecule has 0 unspecified atom stereocenters. The van der Waals surface area contributed by atoms with Crippen LogP contribution < -0.4 is 0 Å². The standard InChI is InChI=1S/C14H9NO2S/c16-14(17)13-6-5-12(18-13)10-7-9-3-1-2-4-11(9)15-8-10/h1-8H,(H,16,17). The van der Waals surface area contributed by atoms with Gasteiger partial charge in [-0.05, 0) is 24.3 Å². The van der Waals surface area contributed by atoms with E-state index in [0.29, 0.717) is 4.88 Å². The Balaban J connectivity index is 2.10. The predicted octanol–water partition coefficient (Wildman–Crippen LogP) is 3.66. The second-order valence-corrected chi connectivity index (χ2v) is 4.97. The first-order valence-electron chi connectivity index (χ1n) is 5.42. The van der Waals surface area contributed by atoms with Crippen molar-refractivity contribution in [2.75, 3.05) is 0 Å². The predicted molar refractivity (Wildman–Crippen MR) is 72.0 cm³/mol. The number of hydrogen-bond acceptors (Lipinski definition) is 3. The third kappa shape index (κ3) is 1.87. The highest BCUT2D eigenvalue weighted by Gasteiger charge is 2.08. The average molecular weight is 255 g/mol. The highest BCUT2D eigenvalue weighted by molar-refractivity contribution is 7.17. The lowest BCUT2D eigenvalue weighted by atomic mass is 10.1. The minimum Gasteiger partial charge on any atom is -0.477 e. The van der Waals surface area contributed by atoms with Crippen LogP contribution in [0.1, 0.15) is 9.67 Å². The topological polar surface area (TPSA) is 50.2 Å². The van der Waals surface area contributed by atoms with Gasteiger partial charge in [-0.25, -0.2) is 4.79 Å². The van der Waals surface area contributed by atoms with Crippen molar-refractivity contribution in [3.63, 3.8) is 0 Å². The first-order chi connectivity index (χ1) is 8.74. The van der Waals surface area contributed by atoms with Gasteiger partial charge in [0.1, 0.15) is 4.88 Å². The van der Waals surface area contributed by atoms with Gasteiger partial charge >= 0.3 is 5.97 Å². The van der Waals surface area contributed by atoms with Crippen LogP contribution in [-0.4, -0.2) is 16.1 Å². The molecule has 0 bridgehead atoms. The van der Waals surface area contributed by atoms with Gasteiger partial charge in [-0.2, -0.15) is 0 Å². The van der Waals surface area contributed by atoms with Crippen LogP contribution in [0, 0.1) is 0 Å². The lowest BCUT2D eigenvalue weighted by Crippen LogP contribution is -1.89. The number of thiophene rings is 1. The molecule has 4 heteroatoms. The van der Waals surface area contributed by atoms with E-state index in [2.05, 4.69) is 4.98 Å². The van der Waals surface area contributed by atoms with Gasteiger partial charge in [0.05, 0.1) is 5.52 Å². The molecule has 0 saturated carbocycles. The number of carboxylic acid groups (broad SMARTS) is 1. The van der Waals surface area contributed by atoms with E-state index >= 15 is 0 Å². The highest BCUT2D eigenvalue weighted by Crippen LogP contribution is 2.29. The number of benzene rings is 1. The van der Waals surface area contributed by atoms with Gasteiger partial charge in [-0.15, -0.1) is 11.3 Å². The van der Waals surface area contributed by atoms with Crippen LogP contribution in [-0.2, 0) is 0 Å². The zero-order valence-electron chi connectivity index (χ0n) is 9.33. The molecule has 18 heavy (non-hydrogen) atoms. The minimum atomic E-state index is -0.889. The molecular weight excluding hydrogens is 246 g/mol. The SMILES string of the molecule is O=C(O)c1ccc(-c2cnc3ccccc3c2)s1. The number of pyridine rings is 1. The van der Waals surface area contributed by atoms with E-state index in [1.54, 1.807) is 12.3 Å². The molecule has 0 aliphatic carbocycles. The van der Waals surface area contributed by atoms with Crippen molar-refractivity contribution in [3.05, 3.63) is 53.5 Å². The lowest BCUT2D eigenvalue weighted by molar-refractivity contribution is 0.0702. The van der Waals surface area contributed by atoms with E-state index in [-0.39, 0.29) is 0 Å². The number of aromatic nitrogens is 1. The van der Waals surface area contributed by atoms with Gasteiger partial charge in [0.2, 0.25) is 0 Å². The van der Waals surface area contributed by atoms with Crippen molar-refractivity contribution in [2.24, 2.45) is 0 Å². The molecule has 3 rings (SSSR count). The Kier molecular flexibility index (Phi) is 2.57. The largest absolute Gasteiger partial charge is 0.477 e. The van der Waals surface area contributed by atoms with Crippen molar-refractivity contribution in [1.29, 1.82) is 0 Å². The number of carbonyl (C=O) groups is 1.